The topological polar surface area (TPSA) is 73.3 Å². The number of halogens is 1. The smallest absolute Gasteiger partial charge is 0.228 e. The molecule has 2 aromatic carbocycles. The second kappa shape index (κ2) is 8.80. The van der Waals surface area contributed by atoms with Crippen LogP contribution in [0, 0.1) is 0 Å². The second-order valence-electron chi connectivity index (χ2n) is 6.54. The lowest BCUT2D eigenvalue weighted by molar-refractivity contribution is -0.115. The van der Waals surface area contributed by atoms with Gasteiger partial charge in [0.1, 0.15) is 5.75 Å². The number of fused-ring (bicyclic) bond motifs is 1. The molecule has 1 N–H and O–H groups in total. The zero-order chi connectivity index (χ0) is 20.9. The van der Waals surface area contributed by atoms with Crippen LogP contribution in [-0.4, -0.2) is 23.0 Å². The van der Waals surface area contributed by atoms with Gasteiger partial charge in [-0.3, -0.25) is 9.78 Å². The first-order valence-corrected chi connectivity index (χ1v) is 9.59. The number of hydrogen-bond acceptors (Lipinski definition) is 5. The van der Waals surface area contributed by atoms with Crippen LogP contribution in [0.2, 0.25) is 5.02 Å². The summed E-state index contributed by atoms with van der Waals surface area (Å²) in [5, 5.41) is 5.29. The van der Waals surface area contributed by atoms with Crippen molar-refractivity contribution in [1.82, 2.24) is 9.97 Å². The molecule has 0 aliphatic rings. The summed E-state index contributed by atoms with van der Waals surface area (Å²) in [5.41, 5.74) is 1.38. The molecule has 4 rings (SSSR count). The van der Waals surface area contributed by atoms with Gasteiger partial charge in [-0.05, 0) is 23.1 Å². The van der Waals surface area contributed by atoms with E-state index in [-0.39, 0.29) is 12.3 Å². The van der Waals surface area contributed by atoms with Crippen molar-refractivity contribution in [1.29, 1.82) is 0 Å². The molecule has 6 nitrogen and oxygen atoms in total. The van der Waals surface area contributed by atoms with Crippen molar-refractivity contribution in [3.8, 4) is 17.5 Å². The Bertz CT molecular complexity index is 1210. The highest BCUT2D eigenvalue weighted by Crippen LogP contribution is 2.28. The number of aromatic nitrogens is 2. The van der Waals surface area contributed by atoms with Gasteiger partial charge in [0.25, 0.3) is 0 Å². The maximum Gasteiger partial charge on any atom is 0.228 e. The van der Waals surface area contributed by atoms with Crippen LogP contribution in [0.5, 0.6) is 17.5 Å². The van der Waals surface area contributed by atoms with Crippen LogP contribution in [0.25, 0.3) is 10.8 Å². The first-order valence-electron chi connectivity index (χ1n) is 9.22. The Kier molecular flexibility index (Phi) is 5.77. The molecular formula is C23H18ClN3O3. The van der Waals surface area contributed by atoms with Crippen molar-refractivity contribution in [2.45, 2.75) is 6.42 Å². The Morgan fingerprint density at radius 1 is 1.03 bits per heavy atom. The van der Waals surface area contributed by atoms with E-state index in [0.29, 0.717) is 28.2 Å². The maximum absolute atomic E-state index is 12.6. The van der Waals surface area contributed by atoms with Gasteiger partial charge in [-0.2, -0.15) is 4.98 Å². The van der Waals surface area contributed by atoms with Gasteiger partial charge in [0.15, 0.2) is 0 Å². The molecule has 0 aliphatic heterocycles. The molecule has 0 atom stereocenters. The third-order valence-electron chi connectivity index (χ3n) is 4.39. The minimum Gasteiger partial charge on any atom is -0.481 e. The van der Waals surface area contributed by atoms with Crippen molar-refractivity contribution in [3.63, 3.8) is 0 Å². The van der Waals surface area contributed by atoms with Gasteiger partial charge in [-0.25, -0.2) is 0 Å². The Morgan fingerprint density at radius 3 is 2.73 bits per heavy atom. The normalized spacial score (nSPS) is 10.6. The number of benzene rings is 2. The number of rotatable bonds is 6. The fourth-order valence-electron chi connectivity index (χ4n) is 3.08. The minimum absolute atomic E-state index is 0.180. The summed E-state index contributed by atoms with van der Waals surface area (Å²) in [6.07, 6.45) is 3.68. The highest BCUT2D eigenvalue weighted by Gasteiger charge is 2.10. The molecule has 4 aromatic rings. The average molecular weight is 420 g/mol. The van der Waals surface area contributed by atoms with Gasteiger partial charge in [0, 0.05) is 46.7 Å². The summed E-state index contributed by atoms with van der Waals surface area (Å²) in [6, 6.07) is 18.0. The number of hydrogen-bond donors (Lipinski definition) is 1. The fourth-order valence-corrected chi connectivity index (χ4v) is 3.30. The molecule has 0 fully saturated rings. The quantitative estimate of drug-likeness (QED) is 0.461. The standard InChI is InChI=1S/C23H18ClN3O3/c1-29-22-7-4-8-23(27-22)30-19-11-17(24)10-18(12-19)26-21(28)9-16-14-25-13-15-5-2-3-6-20(15)16/h2-8,10-14H,9H2,1H3,(H,26,28). The monoisotopic (exact) mass is 419 g/mol. The highest BCUT2D eigenvalue weighted by atomic mass is 35.5. The van der Waals surface area contributed by atoms with E-state index < -0.39 is 0 Å². The number of anilines is 1. The number of nitrogens with one attached hydrogen (secondary N) is 1. The lowest BCUT2D eigenvalue weighted by Gasteiger charge is -2.11. The molecule has 0 unspecified atom stereocenters. The average Bonchev–Trinajstić information content (AvgIpc) is 2.73. The lowest BCUT2D eigenvalue weighted by Crippen LogP contribution is -2.14. The van der Waals surface area contributed by atoms with Crippen LogP contribution in [0.1, 0.15) is 5.56 Å². The van der Waals surface area contributed by atoms with Gasteiger partial charge < -0.3 is 14.8 Å². The minimum atomic E-state index is -0.180. The highest BCUT2D eigenvalue weighted by molar-refractivity contribution is 6.31. The third kappa shape index (κ3) is 4.67. The van der Waals surface area contributed by atoms with Crippen molar-refractivity contribution >= 4 is 34.0 Å². The molecule has 0 spiro atoms. The van der Waals surface area contributed by atoms with Crippen molar-refractivity contribution in [2.75, 3.05) is 12.4 Å². The van der Waals surface area contributed by atoms with Gasteiger partial charge in [-0.15, -0.1) is 0 Å². The van der Waals surface area contributed by atoms with Crippen LogP contribution in [0.3, 0.4) is 0 Å². The second-order valence-corrected chi connectivity index (χ2v) is 6.98. The van der Waals surface area contributed by atoms with Crippen LogP contribution < -0.4 is 14.8 Å². The zero-order valence-electron chi connectivity index (χ0n) is 16.1. The molecule has 30 heavy (non-hydrogen) atoms. The molecule has 0 radical (unpaired) electrons. The SMILES string of the molecule is COc1cccc(Oc2cc(Cl)cc(NC(=O)Cc3cncc4ccccc34)c2)n1. The molecule has 0 saturated heterocycles. The first-order chi connectivity index (χ1) is 14.6. The van der Waals surface area contributed by atoms with E-state index in [2.05, 4.69) is 15.3 Å². The van der Waals surface area contributed by atoms with Crippen LogP contribution in [0.15, 0.2) is 73.1 Å². The van der Waals surface area contributed by atoms with E-state index in [0.717, 1.165) is 16.3 Å². The number of methoxy groups -OCH3 is 1. The zero-order valence-corrected chi connectivity index (χ0v) is 16.9. The van der Waals surface area contributed by atoms with E-state index >= 15 is 0 Å². The van der Waals surface area contributed by atoms with Crippen LogP contribution in [0.4, 0.5) is 5.69 Å². The van der Waals surface area contributed by atoms with Gasteiger partial charge >= 0.3 is 0 Å². The third-order valence-corrected chi connectivity index (χ3v) is 4.60. The summed E-state index contributed by atoms with van der Waals surface area (Å²) in [6.45, 7) is 0. The summed E-state index contributed by atoms with van der Waals surface area (Å²) >= 11 is 6.21. The predicted octanol–water partition coefficient (Wildman–Crippen LogP) is 5.27. The van der Waals surface area contributed by atoms with E-state index in [1.54, 1.807) is 48.8 Å². The molecule has 0 aliphatic carbocycles. The first kappa shape index (κ1) is 19.7. The fraction of sp³-hybridized carbons (Fsp3) is 0.0870. The van der Waals surface area contributed by atoms with Gasteiger partial charge in [-0.1, -0.05) is 41.9 Å². The summed E-state index contributed by atoms with van der Waals surface area (Å²) < 4.78 is 10.9. The Labute approximate surface area is 178 Å². The number of carbonyl (C=O) groups is 1. The van der Waals surface area contributed by atoms with Crippen molar-refractivity contribution in [3.05, 3.63) is 83.6 Å². The Morgan fingerprint density at radius 2 is 1.87 bits per heavy atom. The number of nitrogens with zero attached hydrogens (tertiary/aromatic N) is 2. The number of amides is 1. The predicted molar refractivity (Wildman–Crippen MR) is 116 cm³/mol. The van der Waals surface area contributed by atoms with Crippen LogP contribution in [-0.2, 0) is 11.2 Å². The Hall–Kier alpha value is -3.64. The Balaban J connectivity index is 1.50. The number of carbonyl (C=O) groups excluding carboxylic acids is 1. The van der Waals surface area contributed by atoms with E-state index in [9.17, 15) is 4.79 Å². The molecular weight excluding hydrogens is 402 g/mol. The molecule has 0 bridgehead atoms. The van der Waals surface area contributed by atoms with Crippen molar-refractivity contribution < 1.29 is 14.3 Å². The van der Waals surface area contributed by atoms with Crippen LogP contribution >= 0.6 is 11.6 Å². The van der Waals surface area contributed by atoms with E-state index in [4.69, 9.17) is 21.1 Å². The largest absolute Gasteiger partial charge is 0.481 e. The molecule has 7 heteroatoms. The molecule has 150 valence electrons. The molecule has 2 heterocycles. The summed E-state index contributed by atoms with van der Waals surface area (Å²) in [5.74, 6) is 1.06. The molecule has 2 aromatic heterocycles. The summed E-state index contributed by atoms with van der Waals surface area (Å²) in [4.78, 5) is 21.1. The van der Waals surface area contributed by atoms with Gasteiger partial charge in [0.05, 0.1) is 13.5 Å². The van der Waals surface area contributed by atoms with E-state index in [1.165, 1.54) is 7.11 Å². The van der Waals surface area contributed by atoms with E-state index in [1.807, 2.05) is 24.3 Å². The molecule has 1 amide bonds. The number of ether oxygens (including phenoxy) is 2. The lowest BCUT2D eigenvalue weighted by atomic mass is 10.1. The van der Waals surface area contributed by atoms with Gasteiger partial charge in [0.2, 0.25) is 17.7 Å². The molecule has 0 saturated carbocycles. The number of pyridine rings is 2. The maximum atomic E-state index is 12.6. The van der Waals surface area contributed by atoms with Crippen molar-refractivity contribution in [2.24, 2.45) is 0 Å². The summed E-state index contributed by atoms with van der Waals surface area (Å²) in [7, 11) is 1.53.